The van der Waals surface area contributed by atoms with E-state index in [4.69, 9.17) is 5.26 Å². The molecule has 0 aliphatic carbocycles. The third-order valence-electron chi connectivity index (χ3n) is 2.37. The van der Waals surface area contributed by atoms with Crippen LogP contribution in [0.3, 0.4) is 0 Å². The van der Waals surface area contributed by atoms with Crippen LogP contribution in [0.2, 0.25) is 0 Å². The fourth-order valence-corrected chi connectivity index (χ4v) is 1.63. The Kier molecular flexibility index (Phi) is 2.97. The monoisotopic (exact) mass is 212 g/mol. The van der Waals surface area contributed by atoms with Gasteiger partial charge in [-0.25, -0.2) is 4.98 Å². The summed E-state index contributed by atoms with van der Waals surface area (Å²) in [7, 11) is 0. The first-order valence-corrected chi connectivity index (χ1v) is 5.23. The number of hydrogen-bond donors (Lipinski definition) is 0. The lowest BCUT2D eigenvalue weighted by molar-refractivity contribution is 0.806. The number of aryl methyl sites for hydroxylation is 1. The van der Waals surface area contributed by atoms with E-state index >= 15 is 0 Å². The molecule has 0 saturated heterocycles. The van der Waals surface area contributed by atoms with Gasteiger partial charge < -0.3 is 4.57 Å². The number of hydrogen-bond acceptors (Lipinski definition) is 3. The van der Waals surface area contributed by atoms with Crippen LogP contribution in [-0.4, -0.2) is 14.5 Å². The largest absolute Gasteiger partial charge is 0.301 e. The van der Waals surface area contributed by atoms with Gasteiger partial charge in [-0.15, -0.1) is 0 Å². The van der Waals surface area contributed by atoms with E-state index in [2.05, 4.69) is 23.0 Å². The Balaban J connectivity index is 2.51. The highest BCUT2D eigenvalue weighted by Gasteiger charge is 2.08. The minimum atomic E-state index is 0.616. The Morgan fingerprint density at radius 1 is 1.44 bits per heavy atom. The summed E-state index contributed by atoms with van der Waals surface area (Å²) < 4.78 is 1.93. The van der Waals surface area contributed by atoms with Gasteiger partial charge in [-0.3, -0.25) is 4.98 Å². The first-order chi connectivity index (χ1) is 7.86. The molecule has 0 saturated carbocycles. The van der Waals surface area contributed by atoms with E-state index in [9.17, 15) is 0 Å². The van der Waals surface area contributed by atoms with Crippen molar-refractivity contribution < 1.29 is 0 Å². The molecular formula is C12H12N4. The first-order valence-electron chi connectivity index (χ1n) is 5.23. The molecule has 0 radical (unpaired) electrons. The van der Waals surface area contributed by atoms with Gasteiger partial charge >= 0.3 is 0 Å². The molecule has 0 aliphatic rings. The van der Waals surface area contributed by atoms with Crippen LogP contribution >= 0.6 is 0 Å². The Labute approximate surface area is 94.2 Å². The molecule has 2 rings (SSSR count). The summed E-state index contributed by atoms with van der Waals surface area (Å²) in [6, 6.07) is 3.88. The molecule has 0 unspecified atom stereocenters. The second-order valence-corrected chi connectivity index (χ2v) is 3.47. The minimum absolute atomic E-state index is 0.616. The van der Waals surface area contributed by atoms with Crippen molar-refractivity contribution in [2.24, 2.45) is 0 Å². The summed E-state index contributed by atoms with van der Waals surface area (Å²) in [5, 5.41) is 9.03. The molecule has 0 atom stereocenters. The van der Waals surface area contributed by atoms with Crippen molar-refractivity contribution in [2.75, 3.05) is 0 Å². The average molecular weight is 212 g/mol. The molecule has 2 aromatic rings. The Hall–Kier alpha value is -2.15. The molecule has 0 aliphatic heterocycles. The number of imidazole rings is 1. The normalized spacial score (nSPS) is 10.0. The van der Waals surface area contributed by atoms with Crippen LogP contribution in [0.15, 0.2) is 30.9 Å². The van der Waals surface area contributed by atoms with Crippen molar-refractivity contribution in [1.29, 1.82) is 5.26 Å². The summed E-state index contributed by atoms with van der Waals surface area (Å²) in [6.07, 6.45) is 8.85. The molecule has 4 heteroatoms. The van der Waals surface area contributed by atoms with Gasteiger partial charge in [0.05, 0.1) is 17.4 Å². The summed E-state index contributed by atoms with van der Waals surface area (Å²) >= 11 is 0. The second kappa shape index (κ2) is 4.58. The zero-order chi connectivity index (χ0) is 11.4. The molecular weight excluding hydrogens is 200 g/mol. The van der Waals surface area contributed by atoms with Crippen LogP contribution in [0, 0.1) is 11.3 Å². The highest BCUT2D eigenvalue weighted by Crippen LogP contribution is 2.14. The standard InChI is InChI=1S/C12H12N4/c1-2-3-12-15-6-7-16(12)11-9-14-5-4-10(11)8-13/h4-7,9H,2-3H2,1H3. The molecule has 0 N–H and O–H groups in total. The lowest BCUT2D eigenvalue weighted by atomic mass is 10.2. The van der Waals surface area contributed by atoms with Gasteiger partial charge in [0.25, 0.3) is 0 Å². The zero-order valence-electron chi connectivity index (χ0n) is 9.09. The minimum Gasteiger partial charge on any atom is -0.301 e. The Morgan fingerprint density at radius 2 is 2.31 bits per heavy atom. The molecule has 80 valence electrons. The summed E-state index contributed by atoms with van der Waals surface area (Å²) in [6.45, 7) is 2.10. The molecule has 0 aromatic carbocycles. The quantitative estimate of drug-likeness (QED) is 0.782. The third-order valence-corrected chi connectivity index (χ3v) is 2.37. The lowest BCUT2D eigenvalue weighted by Crippen LogP contribution is -2.02. The van der Waals surface area contributed by atoms with E-state index < -0.39 is 0 Å². The maximum absolute atomic E-state index is 9.03. The fraction of sp³-hybridized carbons (Fsp3) is 0.250. The zero-order valence-corrected chi connectivity index (χ0v) is 9.09. The second-order valence-electron chi connectivity index (χ2n) is 3.47. The lowest BCUT2D eigenvalue weighted by Gasteiger charge is -2.07. The highest BCUT2D eigenvalue weighted by atomic mass is 15.1. The summed E-state index contributed by atoms with van der Waals surface area (Å²) in [5.74, 6) is 0.965. The number of nitrogens with zero attached hydrogens (tertiary/aromatic N) is 4. The molecule has 0 spiro atoms. The SMILES string of the molecule is CCCc1nccn1-c1cnccc1C#N. The maximum atomic E-state index is 9.03. The average Bonchev–Trinajstić information content (AvgIpc) is 2.77. The molecule has 4 nitrogen and oxygen atoms in total. The Bertz CT molecular complexity index is 522. The van der Waals surface area contributed by atoms with Crippen molar-refractivity contribution in [2.45, 2.75) is 19.8 Å². The molecule has 0 amide bonds. The van der Waals surface area contributed by atoms with E-state index in [1.54, 1.807) is 24.7 Å². The van der Waals surface area contributed by atoms with Crippen LogP contribution in [0.1, 0.15) is 24.7 Å². The van der Waals surface area contributed by atoms with Gasteiger partial charge in [0.2, 0.25) is 0 Å². The molecule has 2 heterocycles. The number of rotatable bonds is 3. The van der Waals surface area contributed by atoms with Gasteiger partial charge in [-0.1, -0.05) is 6.92 Å². The summed E-state index contributed by atoms with van der Waals surface area (Å²) in [4.78, 5) is 8.33. The van der Waals surface area contributed by atoms with Crippen LogP contribution in [0.5, 0.6) is 0 Å². The first kappa shape index (κ1) is 10.4. The smallest absolute Gasteiger partial charge is 0.113 e. The molecule has 0 fully saturated rings. The van der Waals surface area contributed by atoms with E-state index in [-0.39, 0.29) is 0 Å². The van der Waals surface area contributed by atoms with E-state index in [0.717, 1.165) is 24.4 Å². The number of pyridine rings is 1. The van der Waals surface area contributed by atoms with Crippen molar-refractivity contribution in [3.05, 3.63) is 42.2 Å². The van der Waals surface area contributed by atoms with Crippen LogP contribution in [0.25, 0.3) is 5.69 Å². The van der Waals surface area contributed by atoms with Gasteiger partial charge in [0, 0.05) is 25.0 Å². The highest BCUT2D eigenvalue weighted by molar-refractivity contribution is 5.47. The van der Waals surface area contributed by atoms with Gasteiger partial charge in [-0.2, -0.15) is 5.26 Å². The predicted octanol–water partition coefficient (Wildman–Crippen LogP) is 2.09. The topological polar surface area (TPSA) is 54.5 Å². The van der Waals surface area contributed by atoms with Crippen molar-refractivity contribution in [1.82, 2.24) is 14.5 Å². The molecule has 2 aromatic heterocycles. The fourth-order valence-electron chi connectivity index (χ4n) is 1.63. The van der Waals surface area contributed by atoms with Crippen molar-refractivity contribution in [3.63, 3.8) is 0 Å². The van der Waals surface area contributed by atoms with Crippen molar-refractivity contribution in [3.8, 4) is 11.8 Å². The van der Waals surface area contributed by atoms with Crippen LogP contribution in [0.4, 0.5) is 0 Å². The van der Waals surface area contributed by atoms with E-state index in [0.29, 0.717) is 5.56 Å². The maximum Gasteiger partial charge on any atom is 0.113 e. The van der Waals surface area contributed by atoms with E-state index in [1.807, 2.05) is 10.8 Å². The van der Waals surface area contributed by atoms with Crippen LogP contribution < -0.4 is 0 Å². The van der Waals surface area contributed by atoms with Crippen LogP contribution in [-0.2, 0) is 6.42 Å². The Morgan fingerprint density at radius 3 is 3.06 bits per heavy atom. The number of nitriles is 1. The van der Waals surface area contributed by atoms with Crippen molar-refractivity contribution >= 4 is 0 Å². The van der Waals surface area contributed by atoms with Gasteiger partial charge in [0.1, 0.15) is 11.9 Å². The van der Waals surface area contributed by atoms with E-state index in [1.165, 1.54) is 0 Å². The molecule has 0 bridgehead atoms. The van der Waals surface area contributed by atoms with Gasteiger partial charge in [0.15, 0.2) is 0 Å². The predicted molar refractivity (Wildman–Crippen MR) is 60.1 cm³/mol. The molecule has 16 heavy (non-hydrogen) atoms. The number of aromatic nitrogens is 3. The van der Waals surface area contributed by atoms with Gasteiger partial charge in [-0.05, 0) is 12.5 Å². The summed E-state index contributed by atoms with van der Waals surface area (Å²) in [5.41, 5.74) is 1.41. The third kappa shape index (κ3) is 1.80.